The molecule has 3 atom stereocenters. The SMILES string of the molecule is CCCC(N[C@@H](c1ccc2c(c1)oc1ccc(-c3ccnn3C3CCCCO3)cc12)C(F)(F)F)C(N)=O. The molecule has 4 aromatic rings. The van der Waals surface area contributed by atoms with E-state index in [2.05, 4.69) is 10.4 Å². The Morgan fingerprint density at radius 2 is 2.00 bits per heavy atom. The fourth-order valence-electron chi connectivity index (χ4n) is 5.00. The number of primary amides is 1. The van der Waals surface area contributed by atoms with Crippen molar-refractivity contribution in [3.8, 4) is 11.3 Å². The number of fused-ring (bicyclic) bond motifs is 3. The molecule has 1 aliphatic heterocycles. The number of halogens is 3. The van der Waals surface area contributed by atoms with Gasteiger partial charge in [-0.15, -0.1) is 0 Å². The van der Waals surface area contributed by atoms with E-state index in [1.54, 1.807) is 19.2 Å². The maximum Gasteiger partial charge on any atom is 0.407 e. The number of carbonyl (C=O) groups excluding carboxylic acids is 1. The molecule has 5 rings (SSSR count). The molecule has 2 aromatic carbocycles. The summed E-state index contributed by atoms with van der Waals surface area (Å²) < 4.78 is 55.8. The van der Waals surface area contributed by atoms with E-state index >= 15 is 0 Å². The first-order valence-electron chi connectivity index (χ1n) is 12.5. The van der Waals surface area contributed by atoms with Crippen molar-refractivity contribution in [1.29, 1.82) is 0 Å². The Morgan fingerprint density at radius 1 is 1.16 bits per heavy atom. The molecule has 0 saturated carbocycles. The van der Waals surface area contributed by atoms with E-state index in [9.17, 15) is 18.0 Å². The highest BCUT2D eigenvalue weighted by molar-refractivity contribution is 6.06. The summed E-state index contributed by atoms with van der Waals surface area (Å²) in [6, 6.07) is 8.87. The lowest BCUT2D eigenvalue weighted by atomic mass is 10.0. The normalized spacial score (nSPS) is 18.3. The fourth-order valence-corrected chi connectivity index (χ4v) is 5.00. The Bertz CT molecular complexity index is 1410. The number of nitrogens with two attached hydrogens (primary N) is 1. The number of nitrogens with zero attached hydrogens (tertiary/aromatic N) is 2. The van der Waals surface area contributed by atoms with Gasteiger partial charge in [0, 0.05) is 29.1 Å². The van der Waals surface area contributed by atoms with Gasteiger partial charge in [0.25, 0.3) is 0 Å². The Labute approximate surface area is 211 Å². The number of ether oxygens (including phenoxy) is 1. The van der Waals surface area contributed by atoms with E-state index < -0.39 is 24.2 Å². The summed E-state index contributed by atoms with van der Waals surface area (Å²) in [6.45, 7) is 2.48. The molecular weight excluding hydrogens is 485 g/mol. The van der Waals surface area contributed by atoms with Gasteiger partial charge in [-0.2, -0.15) is 18.3 Å². The van der Waals surface area contributed by atoms with Crippen LogP contribution in [-0.2, 0) is 9.53 Å². The van der Waals surface area contributed by atoms with E-state index in [0.717, 1.165) is 35.9 Å². The average Bonchev–Trinajstić information content (AvgIpc) is 3.50. The Morgan fingerprint density at radius 3 is 2.70 bits per heavy atom. The Kier molecular flexibility index (Phi) is 6.96. The number of benzene rings is 2. The molecule has 2 aromatic heterocycles. The third-order valence-electron chi connectivity index (χ3n) is 6.84. The van der Waals surface area contributed by atoms with Crippen LogP contribution in [0.3, 0.4) is 0 Å². The minimum absolute atomic E-state index is 0.0471. The van der Waals surface area contributed by atoms with Crippen molar-refractivity contribution < 1.29 is 27.1 Å². The van der Waals surface area contributed by atoms with Crippen LogP contribution in [0.25, 0.3) is 33.2 Å². The largest absolute Gasteiger partial charge is 0.456 e. The first-order valence-corrected chi connectivity index (χ1v) is 12.5. The molecule has 0 aliphatic carbocycles. The number of hydrogen-bond donors (Lipinski definition) is 2. The Balaban J connectivity index is 1.51. The summed E-state index contributed by atoms with van der Waals surface area (Å²) in [5.74, 6) is -0.814. The number of carbonyl (C=O) groups is 1. The minimum Gasteiger partial charge on any atom is -0.456 e. The number of furan rings is 1. The molecule has 1 amide bonds. The molecule has 7 nitrogen and oxygen atoms in total. The van der Waals surface area contributed by atoms with Crippen LogP contribution in [0.5, 0.6) is 0 Å². The third kappa shape index (κ3) is 5.08. The highest BCUT2D eigenvalue weighted by Crippen LogP contribution is 2.38. The summed E-state index contributed by atoms with van der Waals surface area (Å²) in [5.41, 5.74) is 8.00. The molecule has 1 aliphatic rings. The van der Waals surface area contributed by atoms with Gasteiger partial charge in [-0.3, -0.25) is 10.1 Å². The lowest BCUT2D eigenvalue weighted by Crippen LogP contribution is -2.47. The monoisotopic (exact) mass is 514 g/mol. The summed E-state index contributed by atoms with van der Waals surface area (Å²) in [6.07, 6.45) is 0.702. The van der Waals surface area contributed by atoms with Crippen LogP contribution in [0.2, 0.25) is 0 Å². The van der Waals surface area contributed by atoms with Gasteiger partial charge in [-0.25, -0.2) is 4.68 Å². The number of aromatic nitrogens is 2. The van der Waals surface area contributed by atoms with Crippen molar-refractivity contribution in [3.63, 3.8) is 0 Å². The van der Waals surface area contributed by atoms with Crippen LogP contribution < -0.4 is 11.1 Å². The summed E-state index contributed by atoms with van der Waals surface area (Å²) >= 11 is 0. The van der Waals surface area contributed by atoms with Crippen molar-refractivity contribution in [2.24, 2.45) is 5.73 Å². The summed E-state index contributed by atoms with van der Waals surface area (Å²) in [4.78, 5) is 11.7. The van der Waals surface area contributed by atoms with Gasteiger partial charge in [-0.05, 0) is 61.6 Å². The van der Waals surface area contributed by atoms with Crippen molar-refractivity contribution in [3.05, 3.63) is 54.2 Å². The molecule has 0 radical (unpaired) electrons. The average molecular weight is 515 g/mol. The zero-order chi connectivity index (χ0) is 26.2. The molecule has 196 valence electrons. The molecule has 1 saturated heterocycles. The quantitative estimate of drug-likeness (QED) is 0.301. The maximum absolute atomic E-state index is 14.0. The van der Waals surface area contributed by atoms with Gasteiger partial charge in [-0.1, -0.05) is 25.5 Å². The zero-order valence-electron chi connectivity index (χ0n) is 20.4. The standard InChI is InChI=1S/C27H29F3N4O3/c1-2-5-20(26(31)35)33-25(27(28,29)30)17-7-9-18-19-14-16(8-10-22(19)37-23(18)15-17)21-11-12-32-34(21)24-6-3-4-13-36-24/h7-12,14-15,20,24-25,33H,2-6,13H2,1H3,(H2,31,35)/t20?,24?,25-/m0/s1. The van der Waals surface area contributed by atoms with Crippen LogP contribution in [0.1, 0.15) is 56.9 Å². The molecule has 0 spiro atoms. The molecule has 0 bridgehead atoms. The zero-order valence-corrected chi connectivity index (χ0v) is 20.4. The molecular formula is C27H29F3N4O3. The Hall–Kier alpha value is -3.37. The van der Waals surface area contributed by atoms with Crippen LogP contribution in [0.4, 0.5) is 13.2 Å². The van der Waals surface area contributed by atoms with E-state index in [1.165, 1.54) is 12.1 Å². The number of nitrogens with one attached hydrogen (secondary N) is 1. The third-order valence-corrected chi connectivity index (χ3v) is 6.84. The minimum atomic E-state index is -4.63. The predicted octanol–water partition coefficient (Wildman–Crippen LogP) is 6.00. The van der Waals surface area contributed by atoms with Crippen molar-refractivity contribution >= 4 is 27.8 Å². The lowest BCUT2D eigenvalue weighted by Gasteiger charge is -2.26. The predicted molar refractivity (Wildman–Crippen MR) is 134 cm³/mol. The van der Waals surface area contributed by atoms with Crippen LogP contribution >= 0.6 is 0 Å². The highest BCUT2D eigenvalue weighted by atomic mass is 19.4. The van der Waals surface area contributed by atoms with Gasteiger partial charge in [0.1, 0.15) is 17.2 Å². The fraction of sp³-hybridized carbons (Fsp3) is 0.407. The number of alkyl halides is 3. The molecule has 2 unspecified atom stereocenters. The van der Waals surface area contributed by atoms with Crippen LogP contribution in [0, 0.1) is 0 Å². The van der Waals surface area contributed by atoms with Crippen LogP contribution in [0.15, 0.2) is 53.1 Å². The van der Waals surface area contributed by atoms with E-state index in [-0.39, 0.29) is 18.2 Å². The smallest absolute Gasteiger partial charge is 0.407 e. The van der Waals surface area contributed by atoms with Crippen molar-refractivity contribution in [2.75, 3.05) is 6.61 Å². The summed E-state index contributed by atoms with van der Waals surface area (Å²) in [5, 5.41) is 8.36. The van der Waals surface area contributed by atoms with Gasteiger partial charge >= 0.3 is 6.18 Å². The van der Waals surface area contributed by atoms with Crippen LogP contribution in [-0.4, -0.2) is 34.5 Å². The second-order valence-corrected chi connectivity index (χ2v) is 9.44. The second-order valence-electron chi connectivity index (χ2n) is 9.44. The highest BCUT2D eigenvalue weighted by Gasteiger charge is 2.42. The van der Waals surface area contributed by atoms with E-state index in [4.69, 9.17) is 14.9 Å². The van der Waals surface area contributed by atoms with E-state index in [0.29, 0.717) is 29.6 Å². The maximum atomic E-state index is 14.0. The van der Waals surface area contributed by atoms with E-state index in [1.807, 2.05) is 28.9 Å². The van der Waals surface area contributed by atoms with Gasteiger partial charge in [0.05, 0.1) is 11.7 Å². The van der Waals surface area contributed by atoms with Crippen molar-refractivity contribution in [2.45, 2.75) is 63.5 Å². The molecule has 1 fully saturated rings. The molecule has 10 heteroatoms. The first-order chi connectivity index (χ1) is 17.8. The number of amides is 1. The van der Waals surface area contributed by atoms with Gasteiger partial charge in [0.2, 0.25) is 5.91 Å². The van der Waals surface area contributed by atoms with Gasteiger partial charge in [0.15, 0.2) is 6.23 Å². The van der Waals surface area contributed by atoms with Crippen molar-refractivity contribution in [1.82, 2.24) is 15.1 Å². The number of hydrogen-bond acceptors (Lipinski definition) is 5. The molecule has 37 heavy (non-hydrogen) atoms. The second kappa shape index (κ2) is 10.2. The number of rotatable bonds is 8. The van der Waals surface area contributed by atoms with Gasteiger partial charge < -0.3 is 14.9 Å². The molecule has 3 N–H and O–H groups in total. The summed E-state index contributed by atoms with van der Waals surface area (Å²) in [7, 11) is 0. The topological polar surface area (TPSA) is 95.3 Å². The lowest BCUT2D eigenvalue weighted by molar-refractivity contribution is -0.160. The first kappa shape index (κ1) is 25.3. The molecule has 3 heterocycles.